The number of aliphatic hydroxyl groups excluding tert-OH is 1. The van der Waals surface area contributed by atoms with E-state index in [1.165, 1.54) is 6.20 Å². The third kappa shape index (κ3) is 5.59. The molecule has 0 saturated carbocycles. The molecule has 232 valence electrons. The summed E-state index contributed by atoms with van der Waals surface area (Å²) in [6.07, 6.45) is -3.98. The van der Waals surface area contributed by atoms with Gasteiger partial charge < -0.3 is 14.3 Å². The van der Waals surface area contributed by atoms with E-state index in [1.54, 1.807) is 0 Å². The number of alkyl halides is 1. The molecule has 0 spiro atoms. The monoisotopic (exact) mass is 624 g/mol. The Balaban J connectivity index is 1.93. The lowest BCUT2D eigenvalue weighted by atomic mass is 9.96. The highest BCUT2D eigenvalue weighted by atomic mass is 28.4. The molecule has 0 unspecified atom stereocenters. The van der Waals surface area contributed by atoms with E-state index in [1.807, 2.05) is 36.4 Å². The van der Waals surface area contributed by atoms with E-state index in [0.29, 0.717) is 5.20 Å². The van der Waals surface area contributed by atoms with Gasteiger partial charge in [0.2, 0.25) is 0 Å². The maximum Gasteiger partial charge on any atom is 0.330 e. The van der Waals surface area contributed by atoms with Crippen LogP contribution in [0.25, 0.3) is 0 Å². The third-order valence-electron chi connectivity index (χ3n) is 9.57. The molecule has 43 heavy (non-hydrogen) atoms. The van der Waals surface area contributed by atoms with Crippen molar-refractivity contribution >= 4 is 26.8 Å². The molecule has 7 nitrogen and oxygen atoms in total. The molecule has 10 heteroatoms. The lowest BCUT2D eigenvalue weighted by Gasteiger charge is -2.49. The van der Waals surface area contributed by atoms with Crippen molar-refractivity contribution in [1.29, 1.82) is 0 Å². The quantitative estimate of drug-likeness (QED) is 0.355. The molecule has 1 aliphatic rings. The van der Waals surface area contributed by atoms with E-state index in [-0.39, 0.29) is 16.7 Å². The van der Waals surface area contributed by atoms with Crippen LogP contribution in [0.15, 0.2) is 94.3 Å². The average Bonchev–Trinajstić information content (AvgIpc) is 3.19. The summed E-state index contributed by atoms with van der Waals surface area (Å²) >= 11 is 0. The Kier molecular flexibility index (Phi) is 8.87. The lowest BCUT2D eigenvalue weighted by Crippen LogP contribution is -2.69. The number of nitrogens with one attached hydrogen (secondary N) is 1. The summed E-state index contributed by atoms with van der Waals surface area (Å²) in [5, 5.41) is 13.9. The molecular weight excluding hydrogens is 580 g/mol. The largest absolute Gasteiger partial charge is 0.404 e. The molecule has 2 heterocycles. The van der Waals surface area contributed by atoms with E-state index >= 15 is 4.39 Å². The van der Waals surface area contributed by atoms with Gasteiger partial charge in [-0.15, -0.1) is 6.58 Å². The summed E-state index contributed by atoms with van der Waals surface area (Å²) in [6, 6.07) is 21.2. The van der Waals surface area contributed by atoms with Gasteiger partial charge >= 0.3 is 5.69 Å². The predicted molar refractivity (Wildman–Crippen MR) is 175 cm³/mol. The molecule has 0 amide bonds. The number of hydrogen-bond donors (Lipinski definition) is 2. The maximum absolute atomic E-state index is 16.3. The van der Waals surface area contributed by atoms with Gasteiger partial charge in [-0.1, -0.05) is 120 Å². The van der Waals surface area contributed by atoms with Gasteiger partial charge in [-0.05, 0) is 20.4 Å². The molecule has 0 aliphatic carbocycles. The van der Waals surface area contributed by atoms with Gasteiger partial charge in [0, 0.05) is 12.3 Å². The average molecular weight is 625 g/mol. The van der Waals surface area contributed by atoms with Gasteiger partial charge in [-0.25, -0.2) is 9.18 Å². The van der Waals surface area contributed by atoms with E-state index in [9.17, 15) is 14.7 Å². The van der Waals surface area contributed by atoms with Crippen molar-refractivity contribution < 1.29 is 18.7 Å². The number of benzene rings is 2. The fourth-order valence-electron chi connectivity index (χ4n) is 6.02. The summed E-state index contributed by atoms with van der Waals surface area (Å²) in [5.74, 6) is 0. The Bertz CT molecular complexity index is 1520. The van der Waals surface area contributed by atoms with Crippen molar-refractivity contribution in [2.24, 2.45) is 0 Å². The molecule has 2 N–H and O–H groups in total. The highest BCUT2D eigenvalue weighted by molar-refractivity contribution is 6.99. The van der Waals surface area contributed by atoms with Crippen LogP contribution in [-0.2, 0) is 9.16 Å². The Morgan fingerprint density at radius 1 is 0.977 bits per heavy atom. The van der Waals surface area contributed by atoms with Gasteiger partial charge in [0.25, 0.3) is 13.9 Å². The summed E-state index contributed by atoms with van der Waals surface area (Å²) in [4.78, 5) is 26.7. The number of ether oxygens (including phenoxy) is 1. The molecule has 1 aliphatic heterocycles. The normalized spacial score (nSPS) is 23.3. The van der Waals surface area contributed by atoms with Crippen LogP contribution in [-0.4, -0.2) is 55.5 Å². The zero-order valence-electron chi connectivity index (χ0n) is 26.5. The molecule has 2 aromatic carbocycles. The van der Waals surface area contributed by atoms with Crippen molar-refractivity contribution in [3.05, 3.63) is 106 Å². The maximum atomic E-state index is 16.3. The molecule has 4 rings (SSSR count). The smallest absolute Gasteiger partial charge is 0.330 e. The Morgan fingerprint density at radius 2 is 1.49 bits per heavy atom. The van der Waals surface area contributed by atoms with Crippen molar-refractivity contribution in [1.82, 2.24) is 9.55 Å². The molecule has 4 atom stereocenters. The highest BCUT2D eigenvalue weighted by Crippen LogP contribution is 2.51. The second kappa shape index (κ2) is 11.6. The van der Waals surface area contributed by atoms with Crippen LogP contribution in [0.2, 0.25) is 23.2 Å². The Labute approximate surface area is 255 Å². The number of aliphatic hydroxyl groups is 1. The van der Waals surface area contributed by atoms with Crippen molar-refractivity contribution in [3.63, 3.8) is 0 Å². The van der Waals surface area contributed by atoms with Gasteiger partial charge in [0.15, 0.2) is 12.4 Å². The second-order valence-electron chi connectivity index (χ2n) is 14.1. The fraction of sp³-hybridized carbons (Fsp3) is 0.455. The zero-order valence-corrected chi connectivity index (χ0v) is 28.5. The van der Waals surface area contributed by atoms with Crippen LogP contribution in [0, 0.1) is 0 Å². The first-order valence-corrected chi connectivity index (χ1v) is 19.6. The second-order valence-corrected chi connectivity index (χ2v) is 23.8. The molecule has 3 aromatic rings. The molecule has 0 radical (unpaired) electrons. The number of aromatic nitrogens is 2. The van der Waals surface area contributed by atoms with Crippen LogP contribution in [0.4, 0.5) is 4.39 Å². The minimum absolute atomic E-state index is 0.179. The molecule has 0 bridgehead atoms. The molecular formula is C33H45FN2O5Si2. The first-order chi connectivity index (χ1) is 19.9. The number of aromatic amines is 1. The zero-order chi connectivity index (χ0) is 32.0. The van der Waals surface area contributed by atoms with Gasteiger partial charge in [0.05, 0.1) is 14.7 Å². The van der Waals surface area contributed by atoms with Gasteiger partial charge in [-0.3, -0.25) is 14.3 Å². The lowest BCUT2D eigenvalue weighted by molar-refractivity contribution is -0.0987. The van der Waals surface area contributed by atoms with E-state index in [2.05, 4.69) is 90.5 Å². The molecule has 1 aromatic heterocycles. The summed E-state index contributed by atoms with van der Waals surface area (Å²) in [5.41, 5.74) is -3.11. The topological polar surface area (TPSA) is 93.5 Å². The van der Waals surface area contributed by atoms with Gasteiger partial charge in [0.1, 0.15) is 11.7 Å². The van der Waals surface area contributed by atoms with Crippen LogP contribution >= 0.6 is 0 Å². The van der Waals surface area contributed by atoms with Crippen LogP contribution in [0.5, 0.6) is 0 Å². The number of hydrogen-bond acceptors (Lipinski definition) is 5. The van der Waals surface area contributed by atoms with Crippen LogP contribution in [0.1, 0.15) is 47.8 Å². The summed E-state index contributed by atoms with van der Waals surface area (Å²) in [7, 11) is -5.67. The number of halogens is 1. The van der Waals surface area contributed by atoms with Crippen molar-refractivity contribution in [2.75, 3.05) is 6.61 Å². The molecule has 1 fully saturated rings. The van der Waals surface area contributed by atoms with Crippen molar-refractivity contribution in [3.8, 4) is 0 Å². The van der Waals surface area contributed by atoms with E-state index in [4.69, 9.17) is 9.16 Å². The summed E-state index contributed by atoms with van der Waals surface area (Å²) in [6.45, 7) is 21.3. The summed E-state index contributed by atoms with van der Waals surface area (Å²) < 4.78 is 31.1. The van der Waals surface area contributed by atoms with Crippen LogP contribution in [0.3, 0.4) is 0 Å². The predicted octanol–water partition coefficient (Wildman–Crippen LogP) is 4.68. The number of H-pyrrole nitrogens is 1. The third-order valence-corrected chi connectivity index (χ3v) is 20.2. The Morgan fingerprint density at radius 3 is 1.93 bits per heavy atom. The standard InChI is InChI=1S/C33H45FN2O5Si2/c1-23(42(8,9)31(2,3)4)33(28(38)27(34)29(41-33)36-21-20-26(37)35-30(36)39)22-40-43(32(5,6)7,24-16-12-10-13-17-24)25-18-14-11-15-19-25/h10-21,27-29,38H,1,22H2,2-9H3,(H,35,37,39)/t27-,28+,29-,33+/m1/s1. The fourth-order valence-corrected chi connectivity index (χ4v) is 12.8. The van der Waals surface area contributed by atoms with E-state index in [0.717, 1.165) is 21.0 Å². The minimum atomic E-state index is -3.14. The Hall–Kier alpha value is -2.90. The van der Waals surface area contributed by atoms with Crippen LogP contribution < -0.4 is 21.6 Å². The van der Waals surface area contributed by atoms with Crippen molar-refractivity contribution in [2.45, 2.75) is 88.8 Å². The SMILES string of the molecule is C=C([C@]1(CO[Si](c2ccccc2)(c2ccccc2)C(C)(C)C)O[C@@H](n2ccc(=O)[nH]c2=O)[C@H](F)[C@@H]1O)[Si](C)(C)C(C)(C)C. The number of nitrogens with zero attached hydrogens (tertiary/aromatic N) is 1. The minimum Gasteiger partial charge on any atom is -0.404 e. The first kappa shape index (κ1) is 33.0. The number of rotatable bonds is 8. The van der Waals surface area contributed by atoms with E-state index < -0.39 is 51.7 Å². The van der Waals surface area contributed by atoms with Gasteiger partial charge in [-0.2, -0.15) is 0 Å². The molecule has 1 saturated heterocycles. The highest BCUT2D eigenvalue weighted by Gasteiger charge is 2.63. The first-order valence-electron chi connectivity index (χ1n) is 14.7.